The average Bonchev–Trinajstić information content (AvgIpc) is 3.59. The Morgan fingerprint density at radius 3 is 2.48 bits per heavy atom. The van der Waals surface area contributed by atoms with Crippen LogP contribution < -0.4 is 9.47 Å². The van der Waals surface area contributed by atoms with Crippen molar-refractivity contribution in [2.24, 2.45) is 5.41 Å². The lowest BCUT2D eigenvalue weighted by Crippen LogP contribution is -2.67. The van der Waals surface area contributed by atoms with E-state index in [0.29, 0.717) is 32.1 Å². The zero-order valence-electron chi connectivity index (χ0n) is 25.6. The fourth-order valence-corrected chi connectivity index (χ4v) is 5.52. The number of hydrogen-bond donors (Lipinski definition) is 0. The molecule has 1 aliphatic carbocycles. The summed E-state index contributed by atoms with van der Waals surface area (Å²) in [7, 11) is 1.68. The zero-order valence-corrected chi connectivity index (χ0v) is 25.6. The van der Waals surface area contributed by atoms with Gasteiger partial charge in [-0.2, -0.15) is 0 Å². The summed E-state index contributed by atoms with van der Waals surface area (Å²) in [6.45, 7) is 16.2. The molecule has 0 radical (unpaired) electrons. The number of amides is 2. The van der Waals surface area contributed by atoms with Gasteiger partial charge in [0.05, 0.1) is 32.4 Å². The van der Waals surface area contributed by atoms with Crippen molar-refractivity contribution in [3.8, 4) is 11.5 Å². The van der Waals surface area contributed by atoms with Gasteiger partial charge in [-0.05, 0) is 58.2 Å². The third kappa shape index (κ3) is 6.51. The molecule has 1 aromatic rings. The molecule has 2 atom stereocenters. The van der Waals surface area contributed by atoms with Crippen LogP contribution in [0.1, 0.15) is 84.9 Å². The van der Waals surface area contributed by atoms with Crippen LogP contribution in [0.2, 0.25) is 0 Å². The molecule has 2 heterocycles. The van der Waals surface area contributed by atoms with E-state index in [1.54, 1.807) is 12.0 Å². The first-order valence-electron chi connectivity index (χ1n) is 14.6. The van der Waals surface area contributed by atoms with Gasteiger partial charge in [-0.25, -0.2) is 4.79 Å². The van der Waals surface area contributed by atoms with Crippen LogP contribution >= 0.6 is 0 Å². The van der Waals surface area contributed by atoms with Gasteiger partial charge in [0.15, 0.2) is 17.1 Å². The molecule has 1 aromatic carbocycles. The van der Waals surface area contributed by atoms with Crippen molar-refractivity contribution in [2.75, 3.05) is 46.6 Å². The van der Waals surface area contributed by atoms with Gasteiger partial charge >= 0.3 is 6.09 Å². The highest BCUT2D eigenvalue weighted by atomic mass is 16.6. The van der Waals surface area contributed by atoms with Gasteiger partial charge < -0.3 is 33.5 Å². The van der Waals surface area contributed by atoms with Crippen molar-refractivity contribution in [1.29, 1.82) is 0 Å². The molecule has 3 aliphatic rings. The Morgan fingerprint density at radius 1 is 1.12 bits per heavy atom. The molecule has 40 heavy (non-hydrogen) atoms. The highest BCUT2D eigenvalue weighted by molar-refractivity contribution is 5.88. The number of rotatable bonds is 9. The van der Waals surface area contributed by atoms with E-state index in [4.69, 9.17) is 23.7 Å². The SMILES string of the molecule is COCCCOc1cc(C(C)N(C(=O)C2(C(C)(C)C)CN(C(=O)OC(C)(C)C)CCO2)C2CC2)cc2c1OCC2. The molecule has 2 fully saturated rings. The number of methoxy groups -OCH3 is 1. The minimum Gasteiger partial charge on any atom is -0.490 e. The Balaban J connectivity index is 1.64. The summed E-state index contributed by atoms with van der Waals surface area (Å²) in [4.78, 5) is 31.4. The second kappa shape index (κ2) is 11.8. The fourth-order valence-electron chi connectivity index (χ4n) is 5.52. The van der Waals surface area contributed by atoms with Gasteiger partial charge in [0.1, 0.15) is 5.60 Å². The van der Waals surface area contributed by atoms with Gasteiger partial charge in [-0.3, -0.25) is 4.79 Å². The van der Waals surface area contributed by atoms with E-state index in [9.17, 15) is 9.59 Å². The van der Waals surface area contributed by atoms with Crippen LogP contribution in [0.3, 0.4) is 0 Å². The molecule has 0 N–H and O–H groups in total. The molecule has 1 saturated heterocycles. The quantitative estimate of drug-likeness (QED) is 0.387. The van der Waals surface area contributed by atoms with Gasteiger partial charge in [0.25, 0.3) is 5.91 Å². The summed E-state index contributed by atoms with van der Waals surface area (Å²) in [5.41, 5.74) is -0.295. The molecule has 0 bridgehead atoms. The van der Waals surface area contributed by atoms with Gasteiger partial charge in [-0.1, -0.05) is 20.8 Å². The minimum absolute atomic E-state index is 0.0810. The lowest BCUT2D eigenvalue weighted by Gasteiger charge is -2.51. The molecule has 0 spiro atoms. The predicted molar refractivity (Wildman–Crippen MR) is 152 cm³/mol. The van der Waals surface area contributed by atoms with Gasteiger partial charge in [0.2, 0.25) is 0 Å². The summed E-state index contributed by atoms with van der Waals surface area (Å²) >= 11 is 0. The van der Waals surface area contributed by atoms with Crippen molar-refractivity contribution in [2.45, 2.75) is 97.4 Å². The molecule has 1 saturated carbocycles. The largest absolute Gasteiger partial charge is 0.490 e. The highest BCUT2D eigenvalue weighted by Crippen LogP contribution is 2.46. The van der Waals surface area contributed by atoms with E-state index >= 15 is 0 Å². The van der Waals surface area contributed by atoms with Crippen LogP contribution in [0.25, 0.3) is 0 Å². The maximum atomic E-state index is 14.7. The van der Waals surface area contributed by atoms with Crippen molar-refractivity contribution < 1.29 is 33.3 Å². The first-order chi connectivity index (χ1) is 18.8. The van der Waals surface area contributed by atoms with Crippen LogP contribution in [-0.2, 0) is 25.4 Å². The molecular weight excluding hydrogens is 512 g/mol. The van der Waals surface area contributed by atoms with Crippen LogP contribution in [0.4, 0.5) is 4.79 Å². The molecule has 4 rings (SSSR count). The number of carbonyl (C=O) groups is 2. The van der Waals surface area contributed by atoms with Crippen LogP contribution in [-0.4, -0.2) is 85.7 Å². The first kappa shape index (κ1) is 30.4. The van der Waals surface area contributed by atoms with Crippen LogP contribution in [0, 0.1) is 5.41 Å². The molecule has 2 unspecified atom stereocenters. The number of carbonyl (C=O) groups excluding carboxylic acids is 2. The van der Waals surface area contributed by atoms with Crippen molar-refractivity contribution >= 4 is 12.0 Å². The molecule has 2 amide bonds. The number of ether oxygens (including phenoxy) is 5. The first-order valence-corrected chi connectivity index (χ1v) is 14.6. The van der Waals surface area contributed by atoms with Crippen molar-refractivity contribution in [3.63, 3.8) is 0 Å². The summed E-state index contributed by atoms with van der Waals surface area (Å²) in [6.07, 6.45) is 3.05. The number of morpholine rings is 1. The lowest BCUT2D eigenvalue weighted by molar-refractivity contribution is -0.194. The maximum absolute atomic E-state index is 14.7. The summed E-state index contributed by atoms with van der Waals surface area (Å²) in [5, 5.41) is 0. The Kier molecular flexibility index (Phi) is 8.95. The fraction of sp³-hybridized carbons (Fsp3) is 0.742. The minimum atomic E-state index is -1.21. The summed E-state index contributed by atoms with van der Waals surface area (Å²) in [5.74, 6) is 1.43. The second-order valence-corrected chi connectivity index (χ2v) is 13.2. The maximum Gasteiger partial charge on any atom is 0.410 e. The Morgan fingerprint density at radius 2 is 1.85 bits per heavy atom. The van der Waals surface area contributed by atoms with Crippen LogP contribution in [0.15, 0.2) is 12.1 Å². The topological polar surface area (TPSA) is 86.8 Å². The highest BCUT2D eigenvalue weighted by Gasteiger charge is 2.57. The van der Waals surface area contributed by atoms with E-state index in [1.165, 1.54) is 0 Å². The normalized spacial score (nSPS) is 21.9. The van der Waals surface area contributed by atoms with E-state index in [2.05, 4.69) is 13.0 Å². The van der Waals surface area contributed by atoms with E-state index in [1.807, 2.05) is 52.5 Å². The van der Waals surface area contributed by atoms with Crippen LogP contribution in [0.5, 0.6) is 11.5 Å². The monoisotopic (exact) mass is 560 g/mol. The Hall–Kier alpha value is -2.52. The van der Waals surface area contributed by atoms with Crippen molar-refractivity contribution in [3.05, 3.63) is 23.3 Å². The third-order valence-corrected chi connectivity index (χ3v) is 7.93. The van der Waals surface area contributed by atoms with Gasteiger partial charge in [-0.15, -0.1) is 0 Å². The summed E-state index contributed by atoms with van der Waals surface area (Å²) < 4.78 is 29.3. The third-order valence-electron chi connectivity index (χ3n) is 7.93. The molecule has 2 aliphatic heterocycles. The standard InChI is InChI=1S/C31H48N2O7/c1-21(23-18-22-12-16-38-26(22)25(19-23)37-15-9-14-36-8)33(24-10-11-24)27(34)31(29(2,3)4)20-32(13-17-39-31)28(35)40-30(5,6)7/h18-19,21,24H,9-17,20H2,1-8H3. The average molecular weight is 561 g/mol. The van der Waals surface area contributed by atoms with E-state index in [-0.39, 0.29) is 31.1 Å². The summed E-state index contributed by atoms with van der Waals surface area (Å²) in [6, 6.07) is 4.07. The number of nitrogens with zero attached hydrogens (tertiary/aromatic N) is 2. The second-order valence-electron chi connectivity index (χ2n) is 13.2. The number of hydrogen-bond acceptors (Lipinski definition) is 7. The smallest absolute Gasteiger partial charge is 0.410 e. The Bertz CT molecular complexity index is 1070. The molecule has 9 heteroatoms. The predicted octanol–water partition coefficient (Wildman–Crippen LogP) is 5.14. The van der Waals surface area contributed by atoms with E-state index < -0.39 is 22.7 Å². The lowest BCUT2D eigenvalue weighted by atomic mass is 9.73. The molecular formula is C31H48N2O7. The van der Waals surface area contributed by atoms with Crippen molar-refractivity contribution in [1.82, 2.24) is 9.80 Å². The molecule has 224 valence electrons. The zero-order chi connectivity index (χ0) is 29.3. The molecule has 0 aromatic heterocycles. The number of benzene rings is 1. The Labute approximate surface area is 239 Å². The van der Waals surface area contributed by atoms with E-state index in [0.717, 1.165) is 42.6 Å². The van der Waals surface area contributed by atoms with Gasteiger partial charge in [0, 0.05) is 50.1 Å². The molecule has 9 nitrogen and oxygen atoms in total. The number of fused-ring (bicyclic) bond motifs is 1.